The Kier molecular flexibility index (Phi) is 3.44. The Labute approximate surface area is 49.5 Å². The fourth-order valence-electron chi connectivity index (χ4n) is 0.476. The van der Waals surface area contributed by atoms with Gasteiger partial charge in [0.2, 0.25) is 0 Å². The van der Waals surface area contributed by atoms with E-state index in [2.05, 4.69) is 0 Å². The molecule has 0 saturated carbocycles. The summed E-state index contributed by atoms with van der Waals surface area (Å²) in [7, 11) is 0. The summed E-state index contributed by atoms with van der Waals surface area (Å²) in [5, 5.41) is 8.81. The highest BCUT2D eigenvalue weighted by Crippen LogP contribution is 1.95. The molecule has 0 aromatic heterocycles. The molecule has 0 aromatic carbocycles. The summed E-state index contributed by atoms with van der Waals surface area (Å²) >= 11 is 0. The second-order valence-electron chi connectivity index (χ2n) is 1.97. The maximum atomic E-state index is 10.3. The predicted molar refractivity (Wildman–Crippen MR) is 31.6 cm³/mol. The molecule has 1 atom stereocenters. The molecule has 0 unspecified atom stereocenters. The van der Waals surface area contributed by atoms with Crippen LogP contribution in [0.5, 0.6) is 0 Å². The van der Waals surface area contributed by atoms with Crippen molar-refractivity contribution >= 4 is 5.78 Å². The molecule has 0 heterocycles. The van der Waals surface area contributed by atoms with E-state index < -0.39 is 6.10 Å². The summed E-state index contributed by atoms with van der Waals surface area (Å²) in [6, 6.07) is 0. The van der Waals surface area contributed by atoms with E-state index in [9.17, 15) is 4.79 Å². The van der Waals surface area contributed by atoms with E-state index in [1.807, 2.05) is 6.92 Å². The molecule has 48 valence electrons. The Morgan fingerprint density at radius 3 is 2.38 bits per heavy atom. The van der Waals surface area contributed by atoms with Crippen LogP contribution < -0.4 is 0 Å². The summed E-state index contributed by atoms with van der Waals surface area (Å²) in [5.74, 6) is 0.0550. The molecule has 0 aliphatic heterocycles. The largest absolute Gasteiger partial charge is 0.393 e. The monoisotopic (exact) mass is 116 g/mol. The number of aliphatic hydroxyl groups is 1. The third kappa shape index (κ3) is 3.81. The first kappa shape index (κ1) is 7.63. The molecule has 0 aromatic rings. The Morgan fingerprint density at radius 2 is 2.25 bits per heavy atom. The summed E-state index contributed by atoms with van der Waals surface area (Å²) in [6.07, 6.45) is 0.545. The lowest BCUT2D eigenvalue weighted by molar-refractivity contribution is -0.118. The number of aliphatic hydroxyl groups excluding tert-OH is 1. The van der Waals surface area contributed by atoms with E-state index in [4.69, 9.17) is 5.11 Å². The first-order valence-electron chi connectivity index (χ1n) is 2.84. The fraction of sp³-hybridized carbons (Fsp3) is 0.833. The van der Waals surface area contributed by atoms with Crippen molar-refractivity contribution in [3.8, 4) is 0 Å². The maximum absolute atomic E-state index is 10.3. The zero-order valence-corrected chi connectivity index (χ0v) is 5.35. The average molecular weight is 116 g/mol. The minimum absolute atomic E-state index is 0.0550. The van der Waals surface area contributed by atoms with E-state index in [1.165, 1.54) is 6.92 Å². The average Bonchev–Trinajstić information content (AvgIpc) is 1.65. The van der Waals surface area contributed by atoms with Gasteiger partial charge in [-0.15, -0.1) is 0 Å². The molecule has 0 aliphatic rings. The van der Waals surface area contributed by atoms with Gasteiger partial charge in [0.15, 0.2) is 0 Å². The van der Waals surface area contributed by atoms with Gasteiger partial charge in [0, 0.05) is 6.42 Å². The van der Waals surface area contributed by atoms with Crippen LogP contribution in [0.1, 0.15) is 26.7 Å². The second kappa shape index (κ2) is 3.61. The Hall–Kier alpha value is -0.370. The van der Waals surface area contributed by atoms with Gasteiger partial charge in [0.25, 0.3) is 0 Å². The molecule has 0 amide bonds. The van der Waals surface area contributed by atoms with Crippen molar-refractivity contribution < 1.29 is 9.90 Å². The lowest BCUT2D eigenvalue weighted by Gasteiger charge is -2.01. The summed E-state index contributed by atoms with van der Waals surface area (Å²) in [5.41, 5.74) is 0. The zero-order valence-electron chi connectivity index (χ0n) is 5.35. The second-order valence-corrected chi connectivity index (χ2v) is 1.97. The van der Waals surface area contributed by atoms with Gasteiger partial charge in [-0.2, -0.15) is 0 Å². The highest BCUT2D eigenvalue weighted by atomic mass is 16.3. The van der Waals surface area contributed by atoms with Crippen molar-refractivity contribution in [3.63, 3.8) is 0 Å². The first-order chi connectivity index (χ1) is 3.66. The molecule has 0 spiro atoms. The molecule has 0 rings (SSSR count). The van der Waals surface area contributed by atoms with Crippen molar-refractivity contribution in [2.24, 2.45) is 0 Å². The summed E-state index contributed by atoms with van der Waals surface area (Å²) in [4.78, 5) is 10.3. The number of carbonyl (C=O) groups is 1. The minimum atomic E-state index is -0.424. The number of rotatable bonds is 3. The SMILES string of the molecule is CC[C@H](O)CC(C)=O. The molecular formula is C6H12O2. The zero-order chi connectivity index (χ0) is 6.57. The molecular weight excluding hydrogens is 104 g/mol. The van der Waals surface area contributed by atoms with Gasteiger partial charge in [-0.05, 0) is 13.3 Å². The van der Waals surface area contributed by atoms with Gasteiger partial charge < -0.3 is 5.11 Å². The molecule has 0 saturated heterocycles. The Morgan fingerprint density at radius 1 is 1.75 bits per heavy atom. The highest BCUT2D eigenvalue weighted by Gasteiger charge is 2.01. The fourth-order valence-corrected chi connectivity index (χ4v) is 0.476. The van der Waals surface area contributed by atoms with Crippen molar-refractivity contribution in [2.75, 3.05) is 0 Å². The van der Waals surface area contributed by atoms with Crippen LogP contribution in [0.3, 0.4) is 0 Å². The van der Waals surface area contributed by atoms with Crippen LogP contribution in [0.2, 0.25) is 0 Å². The predicted octanol–water partition coefficient (Wildman–Crippen LogP) is 0.736. The van der Waals surface area contributed by atoms with Crippen LogP contribution in [-0.4, -0.2) is 17.0 Å². The van der Waals surface area contributed by atoms with E-state index in [-0.39, 0.29) is 5.78 Å². The molecule has 8 heavy (non-hydrogen) atoms. The van der Waals surface area contributed by atoms with Crippen molar-refractivity contribution in [1.29, 1.82) is 0 Å². The first-order valence-corrected chi connectivity index (χ1v) is 2.84. The van der Waals surface area contributed by atoms with Crippen LogP contribution >= 0.6 is 0 Å². The van der Waals surface area contributed by atoms with Gasteiger partial charge in [0.1, 0.15) is 5.78 Å². The van der Waals surface area contributed by atoms with E-state index >= 15 is 0 Å². The maximum Gasteiger partial charge on any atom is 0.132 e. The van der Waals surface area contributed by atoms with Crippen LogP contribution in [0.4, 0.5) is 0 Å². The molecule has 0 bridgehead atoms. The Bertz CT molecular complexity index is 78.6. The number of carbonyl (C=O) groups excluding carboxylic acids is 1. The number of hydrogen-bond donors (Lipinski definition) is 1. The van der Waals surface area contributed by atoms with Gasteiger partial charge >= 0.3 is 0 Å². The molecule has 0 fully saturated rings. The van der Waals surface area contributed by atoms with E-state index in [1.54, 1.807) is 0 Å². The van der Waals surface area contributed by atoms with Gasteiger partial charge in [-0.25, -0.2) is 0 Å². The Balaban J connectivity index is 3.24. The van der Waals surface area contributed by atoms with Crippen LogP contribution in [0.25, 0.3) is 0 Å². The summed E-state index contributed by atoms with van der Waals surface area (Å²) < 4.78 is 0. The standard InChI is InChI=1S/C6H12O2/c1-3-6(8)4-5(2)7/h6,8H,3-4H2,1-2H3/t6-/m0/s1. The number of hydrogen-bond acceptors (Lipinski definition) is 2. The van der Waals surface area contributed by atoms with Crippen molar-refractivity contribution in [2.45, 2.75) is 32.8 Å². The van der Waals surface area contributed by atoms with Gasteiger partial charge in [0.05, 0.1) is 6.10 Å². The molecule has 1 N–H and O–H groups in total. The van der Waals surface area contributed by atoms with E-state index in [0.717, 1.165) is 0 Å². The van der Waals surface area contributed by atoms with Gasteiger partial charge in [-0.3, -0.25) is 4.79 Å². The van der Waals surface area contributed by atoms with Crippen LogP contribution in [-0.2, 0) is 4.79 Å². The molecule has 0 aliphatic carbocycles. The topological polar surface area (TPSA) is 37.3 Å². The van der Waals surface area contributed by atoms with Crippen molar-refractivity contribution in [3.05, 3.63) is 0 Å². The van der Waals surface area contributed by atoms with Crippen LogP contribution in [0.15, 0.2) is 0 Å². The molecule has 0 radical (unpaired) electrons. The lowest BCUT2D eigenvalue weighted by atomic mass is 10.1. The smallest absolute Gasteiger partial charge is 0.132 e. The highest BCUT2D eigenvalue weighted by molar-refractivity contribution is 5.75. The van der Waals surface area contributed by atoms with Crippen molar-refractivity contribution in [1.82, 2.24) is 0 Å². The number of ketones is 1. The third-order valence-electron chi connectivity index (χ3n) is 0.994. The third-order valence-corrected chi connectivity index (χ3v) is 0.994. The molecule has 2 heteroatoms. The normalized spacial score (nSPS) is 13.4. The summed E-state index contributed by atoms with van der Waals surface area (Å²) in [6.45, 7) is 3.34. The quantitative estimate of drug-likeness (QED) is 0.590. The van der Waals surface area contributed by atoms with E-state index in [0.29, 0.717) is 12.8 Å². The molecule has 2 nitrogen and oxygen atoms in total. The minimum Gasteiger partial charge on any atom is -0.393 e. The number of Topliss-reactive ketones (excluding diaryl/α,β-unsaturated/α-hetero) is 1. The lowest BCUT2D eigenvalue weighted by Crippen LogP contribution is -2.08. The van der Waals surface area contributed by atoms with Gasteiger partial charge in [-0.1, -0.05) is 6.92 Å². The van der Waals surface area contributed by atoms with Crippen LogP contribution in [0, 0.1) is 0 Å².